The Kier molecular flexibility index (Phi) is 8.03. The van der Waals surface area contributed by atoms with Gasteiger partial charge in [-0.05, 0) is 38.8 Å². The van der Waals surface area contributed by atoms with Gasteiger partial charge in [0.25, 0.3) is 0 Å². The maximum atomic E-state index is 14.0. The Bertz CT molecular complexity index is 608. The van der Waals surface area contributed by atoms with Crippen LogP contribution in [0.1, 0.15) is 41.0 Å². The highest BCUT2D eigenvalue weighted by atomic mass is 35.5. The van der Waals surface area contributed by atoms with E-state index >= 15 is 0 Å². The van der Waals surface area contributed by atoms with Crippen LogP contribution in [0.25, 0.3) is 0 Å². The minimum Gasteiger partial charge on any atom is -0.462 e. The van der Waals surface area contributed by atoms with Crippen LogP contribution in [0.15, 0.2) is 17.0 Å². The second-order valence-electron chi connectivity index (χ2n) is 6.15. The first-order valence-corrected chi connectivity index (χ1v) is 9.02. The number of carbonyl (C=O) groups is 2. The van der Waals surface area contributed by atoms with Crippen molar-refractivity contribution in [1.29, 1.82) is 0 Å². The average molecular weight is 376 g/mol. The maximum absolute atomic E-state index is 14.0. The standard InChI is InChI=1S/C17H23ClFNO3S/c1-9(2)6-16(21)20-14-8-15(12(18)7-13(14)19)24-11(5)17(22)23-10(3)4/h7-11H,6H2,1-5H3,(H,20,21). The fourth-order valence-electron chi connectivity index (χ4n) is 1.85. The third kappa shape index (κ3) is 6.69. The van der Waals surface area contributed by atoms with Gasteiger partial charge in [0.1, 0.15) is 11.1 Å². The maximum Gasteiger partial charge on any atom is 0.319 e. The number of ether oxygens (including phenoxy) is 1. The predicted molar refractivity (Wildman–Crippen MR) is 96.0 cm³/mol. The lowest BCUT2D eigenvalue weighted by atomic mass is 10.1. The second-order valence-corrected chi connectivity index (χ2v) is 7.94. The normalized spacial score (nSPS) is 12.4. The molecule has 1 amide bonds. The van der Waals surface area contributed by atoms with Gasteiger partial charge in [0.2, 0.25) is 5.91 Å². The number of amides is 1. The Morgan fingerprint density at radius 2 is 1.88 bits per heavy atom. The number of carbonyl (C=O) groups excluding carboxylic acids is 2. The zero-order valence-corrected chi connectivity index (χ0v) is 16.1. The molecule has 4 nitrogen and oxygen atoms in total. The van der Waals surface area contributed by atoms with Gasteiger partial charge in [-0.3, -0.25) is 9.59 Å². The summed E-state index contributed by atoms with van der Waals surface area (Å²) in [5.74, 6) is -1.09. The van der Waals surface area contributed by atoms with Crippen LogP contribution in [0.4, 0.5) is 10.1 Å². The smallest absolute Gasteiger partial charge is 0.319 e. The van der Waals surface area contributed by atoms with Crippen LogP contribution >= 0.6 is 23.4 Å². The van der Waals surface area contributed by atoms with Crippen molar-refractivity contribution in [3.05, 3.63) is 23.0 Å². The number of halogens is 2. The molecule has 1 rings (SSSR count). The van der Waals surface area contributed by atoms with Crippen molar-refractivity contribution >= 4 is 40.9 Å². The van der Waals surface area contributed by atoms with Crippen LogP contribution in [0.2, 0.25) is 5.02 Å². The first-order chi connectivity index (χ1) is 11.1. The van der Waals surface area contributed by atoms with Gasteiger partial charge < -0.3 is 10.1 Å². The van der Waals surface area contributed by atoms with Crippen molar-refractivity contribution in [3.63, 3.8) is 0 Å². The van der Waals surface area contributed by atoms with Crippen molar-refractivity contribution in [2.45, 2.75) is 57.3 Å². The van der Waals surface area contributed by atoms with E-state index in [0.717, 1.165) is 17.8 Å². The summed E-state index contributed by atoms with van der Waals surface area (Å²) in [6.45, 7) is 9.03. The molecule has 1 aromatic carbocycles. The predicted octanol–water partition coefficient (Wildman–Crippen LogP) is 4.90. The molecule has 24 heavy (non-hydrogen) atoms. The highest BCUT2D eigenvalue weighted by Gasteiger charge is 2.20. The molecular weight excluding hydrogens is 353 g/mol. The summed E-state index contributed by atoms with van der Waals surface area (Å²) in [5, 5.41) is 2.22. The lowest BCUT2D eigenvalue weighted by molar-refractivity contribution is -0.146. The summed E-state index contributed by atoms with van der Waals surface area (Å²) >= 11 is 7.21. The first kappa shape index (κ1) is 20.8. The van der Waals surface area contributed by atoms with E-state index in [1.165, 1.54) is 6.07 Å². The van der Waals surface area contributed by atoms with E-state index in [2.05, 4.69) is 5.32 Å². The molecule has 7 heteroatoms. The number of anilines is 1. The molecule has 1 unspecified atom stereocenters. The van der Waals surface area contributed by atoms with E-state index in [4.69, 9.17) is 16.3 Å². The first-order valence-electron chi connectivity index (χ1n) is 7.76. The number of hydrogen-bond acceptors (Lipinski definition) is 4. The molecule has 0 aliphatic carbocycles. The molecule has 1 N–H and O–H groups in total. The van der Waals surface area contributed by atoms with Gasteiger partial charge in [0, 0.05) is 11.3 Å². The van der Waals surface area contributed by atoms with Crippen molar-refractivity contribution < 1.29 is 18.7 Å². The molecule has 134 valence electrons. The third-order valence-corrected chi connectivity index (χ3v) is 4.44. The van der Waals surface area contributed by atoms with Crippen LogP contribution in [-0.2, 0) is 14.3 Å². The minimum absolute atomic E-state index is 0.0528. The second kappa shape index (κ2) is 9.28. The van der Waals surface area contributed by atoms with Crippen LogP contribution in [0.3, 0.4) is 0 Å². The lowest BCUT2D eigenvalue weighted by Crippen LogP contribution is -2.20. The van der Waals surface area contributed by atoms with E-state index in [0.29, 0.717) is 11.3 Å². The van der Waals surface area contributed by atoms with Crippen molar-refractivity contribution in [1.82, 2.24) is 0 Å². The molecule has 0 aliphatic heterocycles. The number of nitrogens with one attached hydrogen (secondary N) is 1. The molecule has 0 radical (unpaired) electrons. The van der Waals surface area contributed by atoms with E-state index in [1.54, 1.807) is 20.8 Å². The Morgan fingerprint density at radius 3 is 2.42 bits per heavy atom. The van der Waals surface area contributed by atoms with Gasteiger partial charge in [0.05, 0.1) is 16.8 Å². The third-order valence-electron chi connectivity index (χ3n) is 2.88. The van der Waals surface area contributed by atoms with Crippen LogP contribution in [0, 0.1) is 11.7 Å². The molecule has 0 heterocycles. The molecule has 0 saturated carbocycles. The summed E-state index contributed by atoms with van der Waals surface area (Å²) in [7, 11) is 0. The fourth-order valence-corrected chi connectivity index (χ4v) is 3.03. The zero-order chi connectivity index (χ0) is 18.4. The van der Waals surface area contributed by atoms with Gasteiger partial charge in [-0.15, -0.1) is 11.8 Å². The number of esters is 1. The number of thioether (sulfide) groups is 1. The molecule has 0 bridgehead atoms. The largest absolute Gasteiger partial charge is 0.462 e. The lowest BCUT2D eigenvalue weighted by Gasteiger charge is -2.15. The van der Waals surface area contributed by atoms with Crippen LogP contribution in [0.5, 0.6) is 0 Å². The highest BCUT2D eigenvalue weighted by molar-refractivity contribution is 8.00. The average Bonchev–Trinajstić information content (AvgIpc) is 2.42. The van der Waals surface area contributed by atoms with Crippen molar-refractivity contribution in [2.75, 3.05) is 5.32 Å². The molecule has 0 fully saturated rings. The minimum atomic E-state index is -0.612. The number of hydrogen-bond donors (Lipinski definition) is 1. The van der Waals surface area contributed by atoms with Crippen LogP contribution in [-0.4, -0.2) is 23.2 Å². The summed E-state index contributed by atoms with van der Waals surface area (Å²) < 4.78 is 19.1. The van der Waals surface area contributed by atoms with E-state index in [9.17, 15) is 14.0 Å². The fraction of sp³-hybridized carbons (Fsp3) is 0.529. The van der Waals surface area contributed by atoms with Gasteiger partial charge in [-0.25, -0.2) is 4.39 Å². The summed E-state index contributed by atoms with van der Waals surface area (Å²) in [4.78, 5) is 24.2. The molecule has 1 atom stereocenters. The zero-order valence-electron chi connectivity index (χ0n) is 14.5. The molecule has 1 aromatic rings. The summed E-state index contributed by atoms with van der Waals surface area (Å²) in [5.41, 5.74) is 0.0528. The Labute approximate surface area is 151 Å². The van der Waals surface area contributed by atoms with Crippen LogP contribution < -0.4 is 5.32 Å². The van der Waals surface area contributed by atoms with Crippen molar-refractivity contribution in [3.8, 4) is 0 Å². The molecule has 0 aromatic heterocycles. The highest BCUT2D eigenvalue weighted by Crippen LogP contribution is 2.35. The van der Waals surface area contributed by atoms with Gasteiger partial charge in [-0.2, -0.15) is 0 Å². The van der Waals surface area contributed by atoms with Gasteiger partial charge >= 0.3 is 5.97 Å². The summed E-state index contributed by atoms with van der Waals surface area (Å²) in [6.07, 6.45) is 0.0805. The molecule has 0 saturated heterocycles. The molecule has 0 spiro atoms. The van der Waals surface area contributed by atoms with E-state index < -0.39 is 11.1 Å². The monoisotopic (exact) mass is 375 g/mol. The number of rotatable bonds is 7. The SMILES string of the molecule is CC(C)CC(=O)Nc1cc(SC(C)C(=O)OC(C)C)c(Cl)cc1F. The van der Waals surface area contributed by atoms with Gasteiger partial charge in [0.15, 0.2) is 0 Å². The Morgan fingerprint density at radius 1 is 1.25 bits per heavy atom. The van der Waals surface area contributed by atoms with Crippen molar-refractivity contribution in [2.24, 2.45) is 5.92 Å². The molecular formula is C17H23ClFNO3S. The topological polar surface area (TPSA) is 55.4 Å². The van der Waals surface area contributed by atoms with Gasteiger partial charge in [-0.1, -0.05) is 25.4 Å². The Hall–Kier alpha value is -1.27. The molecule has 0 aliphatic rings. The summed E-state index contributed by atoms with van der Waals surface area (Å²) in [6, 6.07) is 2.58. The number of benzene rings is 1. The van der Waals surface area contributed by atoms with E-state index in [1.807, 2.05) is 13.8 Å². The quantitative estimate of drug-likeness (QED) is 0.544. The van der Waals surface area contributed by atoms with E-state index in [-0.39, 0.29) is 34.6 Å². The Balaban J connectivity index is 2.90.